The Hall–Kier alpha value is -1.17. The van der Waals surface area contributed by atoms with E-state index in [0.717, 1.165) is 5.82 Å². The van der Waals surface area contributed by atoms with Crippen LogP contribution in [0.5, 0.6) is 0 Å². The third kappa shape index (κ3) is 3.77. The van der Waals surface area contributed by atoms with Gasteiger partial charge in [-0.15, -0.1) is 0 Å². The van der Waals surface area contributed by atoms with E-state index in [1.54, 1.807) is 6.07 Å². The minimum absolute atomic E-state index is 0.0947. The van der Waals surface area contributed by atoms with Gasteiger partial charge in [0.05, 0.1) is 7.11 Å². The van der Waals surface area contributed by atoms with E-state index in [1.807, 2.05) is 13.8 Å². The molecule has 88 valence electrons. The maximum atomic E-state index is 10.9. The molecule has 0 radical (unpaired) electrons. The van der Waals surface area contributed by atoms with E-state index in [-0.39, 0.29) is 18.4 Å². The Labute approximate surface area is 103 Å². The van der Waals surface area contributed by atoms with Gasteiger partial charge in [-0.2, -0.15) is 0 Å². The van der Waals surface area contributed by atoms with Crippen LogP contribution >= 0.6 is 15.9 Å². The Morgan fingerprint density at radius 1 is 1.56 bits per heavy atom. The summed E-state index contributed by atoms with van der Waals surface area (Å²) in [6.07, 6.45) is 0. The lowest BCUT2D eigenvalue weighted by atomic mass is 10.2. The summed E-state index contributed by atoms with van der Waals surface area (Å²) in [7, 11) is 1.35. The zero-order chi connectivity index (χ0) is 12.1. The second-order valence-corrected chi connectivity index (χ2v) is 4.33. The molecule has 0 fully saturated rings. The lowest BCUT2D eigenvalue weighted by Crippen LogP contribution is -2.16. The number of methoxy groups -OCH3 is 1. The Morgan fingerprint density at radius 3 is 2.81 bits per heavy atom. The number of hydrogen-bond acceptors (Lipinski definition) is 5. The van der Waals surface area contributed by atoms with Gasteiger partial charge < -0.3 is 10.1 Å². The number of esters is 1. The highest BCUT2D eigenvalue weighted by Crippen LogP contribution is 2.17. The number of anilines is 1. The van der Waals surface area contributed by atoms with Gasteiger partial charge in [-0.1, -0.05) is 13.8 Å². The van der Waals surface area contributed by atoms with Crippen LogP contribution in [0.1, 0.15) is 25.6 Å². The summed E-state index contributed by atoms with van der Waals surface area (Å²) in [6.45, 7) is 4.11. The molecule has 0 aromatic carbocycles. The van der Waals surface area contributed by atoms with Crippen molar-refractivity contribution in [3.05, 3.63) is 16.5 Å². The van der Waals surface area contributed by atoms with Crippen LogP contribution in [-0.4, -0.2) is 29.6 Å². The number of carbonyl (C=O) groups is 1. The number of rotatable bonds is 4. The van der Waals surface area contributed by atoms with E-state index in [0.29, 0.717) is 10.4 Å². The van der Waals surface area contributed by atoms with E-state index < -0.39 is 0 Å². The third-order valence-electron chi connectivity index (χ3n) is 1.87. The number of nitrogens with one attached hydrogen (secondary N) is 1. The molecule has 16 heavy (non-hydrogen) atoms. The normalized spacial score (nSPS) is 10.3. The van der Waals surface area contributed by atoms with Crippen molar-refractivity contribution in [2.75, 3.05) is 19.0 Å². The van der Waals surface area contributed by atoms with Crippen molar-refractivity contribution in [2.45, 2.75) is 19.8 Å². The molecule has 0 aliphatic carbocycles. The largest absolute Gasteiger partial charge is 0.468 e. The van der Waals surface area contributed by atoms with E-state index in [4.69, 9.17) is 0 Å². The summed E-state index contributed by atoms with van der Waals surface area (Å²) in [4.78, 5) is 19.5. The molecule has 0 aliphatic heterocycles. The molecule has 0 unspecified atom stereocenters. The average Bonchev–Trinajstić information content (AvgIpc) is 2.25. The summed E-state index contributed by atoms with van der Waals surface area (Å²) in [5.74, 6) is 1.23. The van der Waals surface area contributed by atoms with Crippen LogP contribution in [0.25, 0.3) is 0 Å². The van der Waals surface area contributed by atoms with Crippen LogP contribution in [0.3, 0.4) is 0 Å². The van der Waals surface area contributed by atoms with Gasteiger partial charge in [-0.05, 0) is 15.9 Å². The molecule has 0 atom stereocenters. The van der Waals surface area contributed by atoms with Gasteiger partial charge in [-0.25, -0.2) is 9.97 Å². The molecule has 0 bridgehead atoms. The van der Waals surface area contributed by atoms with E-state index >= 15 is 0 Å². The number of halogens is 1. The lowest BCUT2D eigenvalue weighted by Gasteiger charge is -2.08. The maximum absolute atomic E-state index is 10.9. The minimum atomic E-state index is -0.333. The number of ether oxygens (including phenoxy) is 1. The standard InChI is InChI=1S/C10H14BrN3O2/c1-6(2)10-13-7(11)4-8(14-10)12-5-9(15)16-3/h4,6H,5H2,1-3H3,(H,12,13,14). The van der Waals surface area contributed by atoms with Gasteiger partial charge in [0.1, 0.15) is 22.8 Å². The van der Waals surface area contributed by atoms with Crippen molar-refractivity contribution in [3.63, 3.8) is 0 Å². The molecule has 0 saturated carbocycles. The lowest BCUT2D eigenvalue weighted by molar-refractivity contribution is -0.138. The number of carbonyl (C=O) groups excluding carboxylic acids is 1. The molecule has 1 aromatic heterocycles. The first-order valence-corrected chi connectivity index (χ1v) is 5.67. The molecular weight excluding hydrogens is 274 g/mol. The first kappa shape index (κ1) is 12.9. The highest BCUT2D eigenvalue weighted by molar-refractivity contribution is 9.10. The minimum Gasteiger partial charge on any atom is -0.468 e. The fourth-order valence-electron chi connectivity index (χ4n) is 1.02. The SMILES string of the molecule is COC(=O)CNc1cc(Br)nc(C(C)C)n1. The molecule has 1 heterocycles. The molecule has 0 amide bonds. The smallest absolute Gasteiger partial charge is 0.325 e. The summed E-state index contributed by atoms with van der Waals surface area (Å²) in [6, 6.07) is 1.72. The molecule has 1 N–H and O–H groups in total. The molecule has 0 spiro atoms. The highest BCUT2D eigenvalue weighted by atomic mass is 79.9. The quantitative estimate of drug-likeness (QED) is 0.677. The molecular formula is C10H14BrN3O2. The van der Waals surface area contributed by atoms with Crippen LogP contribution in [0.2, 0.25) is 0 Å². The van der Waals surface area contributed by atoms with E-state index in [9.17, 15) is 4.79 Å². The van der Waals surface area contributed by atoms with E-state index in [1.165, 1.54) is 7.11 Å². The number of nitrogens with zero attached hydrogens (tertiary/aromatic N) is 2. The molecule has 1 rings (SSSR count). The second-order valence-electron chi connectivity index (χ2n) is 3.52. The van der Waals surface area contributed by atoms with Crippen molar-refractivity contribution in [3.8, 4) is 0 Å². The van der Waals surface area contributed by atoms with Gasteiger partial charge in [0.2, 0.25) is 0 Å². The van der Waals surface area contributed by atoms with Gasteiger partial charge in [0.15, 0.2) is 0 Å². The number of hydrogen-bond donors (Lipinski definition) is 1. The Morgan fingerprint density at radius 2 is 2.25 bits per heavy atom. The zero-order valence-electron chi connectivity index (χ0n) is 9.45. The van der Waals surface area contributed by atoms with Gasteiger partial charge in [0.25, 0.3) is 0 Å². The predicted octanol–water partition coefficient (Wildman–Crippen LogP) is 1.95. The van der Waals surface area contributed by atoms with Crippen LogP contribution in [0.4, 0.5) is 5.82 Å². The Bertz CT molecular complexity index is 382. The summed E-state index contributed by atoms with van der Waals surface area (Å²) in [5, 5.41) is 2.88. The average molecular weight is 288 g/mol. The monoisotopic (exact) mass is 287 g/mol. The molecule has 5 nitrogen and oxygen atoms in total. The van der Waals surface area contributed by atoms with Crippen LogP contribution in [0.15, 0.2) is 10.7 Å². The number of aromatic nitrogens is 2. The van der Waals surface area contributed by atoms with Crippen LogP contribution < -0.4 is 5.32 Å². The first-order valence-electron chi connectivity index (χ1n) is 4.88. The molecule has 0 aliphatic rings. The van der Waals surface area contributed by atoms with Gasteiger partial charge >= 0.3 is 5.97 Å². The second kappa shape index (κ2) is 5.79. The summed E-state index contributed by atoms with van der Waals surface area (Å²) in [5.41, 5.74) is 0. The predicted molar refractivity (Wildman–Crippen MR) is 64.3 cm³/mol. The molecule has 0 saturated heterocycles. The third-order valence-corrected chi connectivity index (χ3v) is 2.28. The zero-order valence-corrected chi connectivity index (χ0v) is 11.0. The Balaban J connectivity index is 2.76. The highest BCUT2D eigenvalue weighted by Gasteiger charge is 2.07. The van der Waals surface area contributed by atoms with E-state index in [2.05, 4.69) is 36.0 Å². The van der Waals surface area contributed by atoms with Crippen molar-refractivity contribution in [1.82, 2.24) is 9.97 Å². The van der Waals surface area contributed by atoms with Gasteiger partial charge in [-0.3, -0.25) is 4.79 Å². The molecule has 6 heteroatoms. The van der Waals surface area contributed by atoms with Crippen molar-refractivity contribution in [2.24, 2.45) is 0 Å². The van der Waals surface area contributed by atoms with Crippen molar-refractivity contribution < 1.29 is 9.53 Å². The molecule has 1 aromatic rings. The van der Waals surface area contributed by atoms with Crippen LogP contribution in [-0.2, 0) is 9.53 Å². The summed E-state index contributed by atoms with van der Waals surface area (Å²) >= 11 is 3.30. The first-order chi connectivity index (χ1) is 7.52. The Kier molecular flexibility index (Phi) is 4.67. The van der Waals surface area contributed by atoms with Gasteiger partial charge in [0, 0.05) is 12.0 Å². The fraction of sp³-hybridized carbons (Fsp3) is 0.500. The topological polar surface area (TPSA) is 64.1 Å². The summed E-state index contributed by atoms with van der Waals surface area (Å²) < 4.78 is 5.22. The fourth-order valence-corrected chi connectivity index (χ4v) is 1.42. The van der Waals surface area contributed by atoms with Crippen molar-refractivity contribution in [1.29, 1.82) is 0 Å². The maximum Gasteiger partial charge on any atom is 0.325 e. The van der Waals surface area contributed by atoms with Crippen molar-refractivity contribution >= 4 is 27.7 Å². The van der Waals surface area contributed by atoms with Crippen LogP contribution in [0, 0.1) is 0 Å².